The lowest BCUT2D eigenvalue weighted by molar-refractivity contribution is 0.302. The fourth-order valence-corrected chi connectivity index (χ4v) is 4.71. The van der Waals surface area contributed by atoms with E-state index in [4.69, 9.17) is 9.47 Å². The van der Waals surface area contributed by atoms with Crippen molar-refractivity contribution in [3.63, 3.8) is 0 Å². The van der Waals surface area contributed by atoms with Crippen LogP contribution in [0.5, 0.6) is 11.5 Å². The SMILES string of the molecule is CCCCCCCCOc1ccc(C)cc1Cc1ccc(OCCCc2nc3cc(C(C)(C)C)[nH]n3n2)cc1. The number of ether oxygens (including phenoxy) is 2. The molecule has 0 unspecified atom stereocenters. The predicted octanol–water partition coefficient (Wildman–Crippen LogP) is 8.01. The minimum Gasteiger partial charge on any atom is -0.494 e. The van der Waals surface area contributed by atoms with E-state index in [9.17, 15) is 0 Å². The van der Waals surface area contributed by atoms with E-state index in [1.807, 2.05) is 0 Å². The monoisotopic (exact) mass is 530 g/mol. The Balaban J connectivity index is 1.22. The first-order valence-corrected chi connectivity index (χ1v) is 14.7. The molecule has 2 aromatic heterocycles. The van der Waals surface area contributed by atoms with Crippen molar-refractivity contribution in [3.05, 3.63) is 76.7 Å². The Morgan fingerprint density at radius 1 is 0.846 bits per heavy atom. The molecule has 0 saturated heterocycles. The molecule has 2 aromatic carbocycles. The van der Waals surface area contributed by atoms with E-state index in [-0.39, 0.29) is 5.41 Å². The Hall–Kier alpha value is -3.28. The third kappa shape index (κ3) is 8.61. The summed E-state index contributed by atoms with van der Waals surface area (Å²) < 4.78 is 14.0. The zero-order chi connectivity index (χ0) is 27.7. The van der Waals surface area contributed by atoms with Crippen molar-refractivity contribution in [3.8, 4) is 11.5 Å². The first-order valence-electron chi connectivity index (χ1n) is 14.7. The number of rotatable bonds is 15. The fraction of sp³-hybridized carbons (Fsp3) is 0.515. The van der Waals surface area contributed by atoms with Crippen molar-refractivity contribution < 1.29 is 9.47 Å². The predicted molar refractivity (Wildman–Crippen MR) is 159 cm³/mol. The molecule has 0 saturated carbocycles. The van der Waals surface area contributed by atoms with Gasteiger partial charge in [-0.1, -0.05) is 89.6 Å². The molecule has 39 heavy (non-hydrogen) atoms. The van der Waals surface area contributed by atoms with Gasteiger partial charge in [-0.2, -0.15) is 4.63 Å². The van der Waals surface area contributed by atoms with Crippen LogP contribution in [0.4, 0.5) is 0 Å². The second kappa shape index (κ2) is 13.7. The van der Waals surface area contributed by atoms with Crippen LogP contribution in [0.3, 0.4) is 0 Å². The molecule has 0 spiro atoms. The van der Waals surface area contributed by atoms with Gasteiger partial charge < -0.3 is 9.47 Å². The van der Waals surface area contributed by atoms with E-state index >= 15 is 0 Å². The number of hydrogen-bond donors (Lipinski definition) is 1. The Kier molecular flexibility index (Phi) is 10.1. The van der Waals surface area contributed by atoms with Crippen LogP contribution in [0.1, 0.15) is 101 Å². The van der Waals surface area contributed by atoms with Gasteiger partial charge in [0.25, 0.3) is 0 Å². The number of nitrogens with zero attached hydrogens (tertiary/aromatic N) is 3. The molecule has 0 amide bonds. The van der Waals surface area contributed by atoms with Crippen LogP contribution in [-0.4, -0.2) is 33.0 Å². The highest BCUT2D eigenvalue weighted by molar-refractivity contribution is 5.42. The van der Waals surface area contributed by atoms with E-state index in [1.54, 1.807) is 4.63 Å². The molecule has 4 rings (SSSR count). The maximum atomic E-state index is 6.19. The Labute approximate surface area is 234 Å². The zero-order valence-corrected chi connectivity index (χ0v) is 24.6. The molecule has 6 nitrogen and oxygen atoms in total. The van der Waals surface area contributed by atoms with Crippen LogP contribution < -0.4 is 9.47 Å². The molecule has 0 aliphatic rings. The van der Waals surface area contributed by atoms with Crippen LogP contribution in [0.2, 0.25) is 0 Å². The summed E-state index contributed by atoms with van der Waals surface area (Å²) in [7, 11) is 0. The summed E-state index contributed by atoms with van der Waals surface area (Å²) in [5.41, 5.74) is 5.81. The molecular formula is C33H46N4O2. The van der Waals surface area contributed by atoms with Crippen molar-refractivity contribution in [1.29, 1.82) is 0 Å². The lowest BCUT2D eigenvalue weighted by Gasteiger charge is -2.14. The summed E-state index contributed by atoms with van der Waals surface area (Å²) >= 11 is 0. The van der Waals surface area contributed by atoms with Gasteiger partial charge in [-0.15, -0.1) is 5.10 Å². The van der Waals surface area contributed by atoms with Gasteiger partial charge in [0.15, 0.2) is 11.5 Å². The van der Waals surface area contributed by atoms with Crippen molar-refractivity contribution in [1.82, 2.24) is 19.8 Å². The maximum absolute atomic E-state index is 6.19. The quantitative estimate of drug-likeness (QED) is 0.158. The molecule has 2 heterocycles. The third-order valence-electron chi connectivity index (χ3n) is 7.09. The van der Waals surface area contributed by atoms with Gasteiger partial charge in [-0.05, 0) is 49.1 Å². The summed E-state index contributed by atoms with van der Waals surface area (Å²) in [6.07, 6.45) is 10.1. The second-order valence-corrected chi connectivity index (χ2v) is 11.7. The lowest BCUT2D eigenvalue weighted by atomic mass is 9.93. The number of H-pyrrole nitrogens is 1. The molecule has 0 fully saturated rings. The summed E-state index contributed by atoms with van der Waals surface area (Å²) in [4.78, 5) is 4.65. The van der Waals surface area contributed by atoms with Gasteiger partial charge in [0.2, 0.25) is 0 Å². The van der Waals surface area contributed by atoms with Crippen LogP contribution in [0.15, 0.2) is 48.5 Å². The largest absolute Gasteiger partial charge is 0.494 e. The van der Waals surface area contributed by atoms with Gasteiger partial charge >= 0.3 is 0 Å². The number of fused-ring (bicyclic) bond motifs is 1. The maximum Gasteiger partial charge on any atom is 0.175 e. The molecule has 210 valence electrons. The first-order chi connectivity index (χ1) is 18.8. The van der Waals surface area contributed by atoms with E-state index in [2.05, 4.69) is 98.3 Å². The van der Waals surface area contributed by atoms with Gasteiger partial charge in [0.05, 0.1) is 13.2 Å². The third-order valence-corrected chi connectivity index (χ3v) is 7.09. The summed E-state index contributed by atoms with van der Waals surface area (Å²) in [5, 5.41) is 7.90. The number of benzene rings is 2. The van der Waals surface area contributed by atoms with Crippen LogP contribution in [0.25, 0.3) is 5.65 Å². The molecule has 0 bridgehead atoms. The molecule has 0 atom stereocenters. The summed E-state index contributed by atoms with van der Waals surface area (Å²) in [5.74, 6) is 2.74. The van der Waals surface area contributed by atoms with E-state index in [1.165, 1.54) is 48.8 Å². The smallest absolute Gasteiger partial charge is 0.175 e. The number of unbranched alkanes of at least 4 members (excludes halogenated alkanes) is 5. The minimum atomic E-state index is 0.0509. The molecule has 0 radical (unpaired) electrons. The Bertz CT molecular complexity index is 1270. The van der Waals surface area contributed by atoms with E-state index in [0.717, 1.165) is 61.0 Å². The second-order valence-electron chi connectivity index (χ2n) is 11.7. The van der Waals surface area contributed by atoms with Gasteiger partial charge in [0.1, 0.15) is 11.5 Å². The standard InChI is InChI=1S/C33H46N4O2/c1-6-7-8-9-10-11-20-39-29-19-14-25(2)22-27(29)23-26-15-17-28(18-16-26)38-21-12-13-31-34-32-24-30(33(3,4)5)35-37(32)36-31/h14-19,22,24,35H,6-13,20-21,23H2,1-5H3. The first kappa shape index (κ1) is 28.7. The highest BCUT2D eigenvalue weighted by atomic mass is 16.5. The Morgan fingerprint density at radius 3 is 2.33 bits per heavy atom. The fourth-order valence-electron chi connectivity index (χ4n) is 4.71. The highest BCUT2D eigenvalue weighted by Gasteiger charge is 2.18. The number of aromatic nitrogens is 4. The molecule has 1 N–H and O–H groups in total. The topological polar surface area (TPSA) is 64.4 Å². The number of aromatic amines is 1. The molecule has 4 aromatic rings. The van der Waals surface area contributed by atoms with Crippen molar-refractivity contribution in [2.75, 3.05) is 13.2 Å². The average Bonchev–Trinajstić information content (AvgIpc) is 3.48. The molecule has 0 aliphatic heterocycles. The Morgan fingerprint density at radius 2 is 1.59 bits per heavy atom. The van der Waals surface area contributed by atoms with Gasteiger partial charge in [-0.25, -0.2) is 4.98 Å². The zero-order valence-electron chi connectivity index (χ0n) is 24.6. The minimum absolute atomic E-state index is 0.0509. The number of hydrogen-bond acceptors (Lipinski definition) is 4. The number of aryl methyl sites for hydroxylation is 2. The van der Waals surface area contributed by atoms with E-state index < -0.39 is 0 Å². The van der Waals surface area contributed by atoms with Crippen molar-refractivity contribution in [2.45, 2.75) is 97.8 Å². The molecule has 0 aliphatic carbocycles. The van der Waals surface area contributed by atoms with Gasteiger partial charge in [-0.3, -0.25) is 5.10 Å². The van der Waals surface area contributed by atoms with Crippen molar-refractivity contribution in [2.24, 2.45) is 0 Å². The van der Waals surface area contributed by atoms with Crippen molar-refractivity contribution >= 4 is 5.65 Å². The molecular weight excluding hydrogens is 484 g/mol. The number of nitrogens with one attached hydrogen (secondary N) is 1. The normalized spacial score (nSPS) is 11.8. The molecule has 6 heteroatoms. The summed E-state index contributed by atoms with van der Waals surface area (Å²) in [6, 6.07) is 17.0. The lowest BCUT2D eigenvalue weighted by Crippen LogP contribution is -2.12. The van der Waals surface area contributed by atoms with Crippen LogP contribution in [-0.2, 0) is 18.3 Å². The average molecular weight is 531 g/mol. The van der Waals surface area contributed by atoms with E-state index in [0.29, 0.717) is 6.61 Å². The van der Waals surface area contributed by atoms with Gasteiger partial charge in [0, 0.05) is 30.0 Å². The highest BCUT2D eigenvalue weighted by Crippen LogP contribution is 2.25. The summed E-state index contributed by atoms with van der Waals surface area (Å²) in [6.45, 7) is 12.3. The van der Waals surface area contributed by atoms with Crippen LogP contribution in [0, 0.1) is 6.92 Å². The van der Waals surface area contributed by atoms with Crippen LogP contribution >= 0.6 is 0 Å².